The molecule has 0 amide bonds. The molecule has 0 unspecified atom stereocenters. The van der Waals surface area contributed by atoms with Gasteiger partial charge in [-0.3, -0.25) is 0 Å². The lowest BCUT2D eigenvalue weighted by atomic mass is 10.2. The second-order valence-electron chi connectivity index (χ2n) is 3.54. The van der Waals surface area contributed by atoms with Crippen molar-refractivity contribution in [2.45, 2.75) is 6.10 Å². The highest BCUT2D eigenvalue weighted by molar-refractivity contribution is 6.32. The molecule has 2 aliphatic heterocycles. The molecule has 0 saturated carbocycles. The first-order chi connectivity index (χ1) is 7.33. The van der Waals surface area contributed by atoms with Crippen LogP contribution < -0.4 is 19.5 Å². The average Bonchev–Trinajstić information content (AvgIpc) is 2.59. The van der Waals surface area contributed by atoms with E-state index in [0.717, 1.165) is 18.8 Å². The zero-order valence-corrected chi connectivity index (χ0v) is 8.71. The van der Waals surface area contributed by atoms with Crippen LogP contribution >= 0.6 is 11.6 Å². The minimum Gasteiger partial charge on any atom is -0.488 e. The third-order valence-electron chi connectivity index (χ3n) is 2.45. The van der Waals surface area contributed by atoms with Crippen LogP contribution in [0.1, 0.15) is 0 Å². The summed E-state index contributed by atoms with van der Waals surface area (Å²) < 4.78 is 16.1. The summed E-state index contributed by atoms with van der Waals surface area (Å²) in [5.74, 6) is 2.00. The SMILES string of the molecule is Clc1cc(OC2CNC2)cc2c1OCO2. The van der Waals surface area contributed by atoms with E-state index in [9.17, 15) is 0 Å². The fraction of sp³-hybridized carbons (Fsp3) is 0.400. The first-order valence-corrected chi connectivity index (χ1v) is 5.17. The van der Waals surface area contributed by atoms with Crippen molar-refractivity contribution in [3.8, 4) is 17.2 Å². The molecule has 1 aromatic carbocycles. The van der Waals surface area contributed by atoms with Crippen LogP contribution in [-0.4, -0.2) is 26.0 Å². The van der Waals surface area contributed by atoms with Gasteiger partial charge >= 0.3 is 0 Å². The monoisotopic (exact) mass is 227 g/mol. The predicted octanol–water partition coefficient (Wildman–Crippen LogP) is 1.42. The molecular weight excluding hydrogens is 218 g/mol. The quantitative estimate of drug-likeness (QED) is 0.830. The van der Waals surface area contributed by atoms with E-state index in [1.807, 2.05) is 6.07 Å². The Bertz CT molecular complexity index is 392. The van der Waals surface area contributed by atoms with Gasteiger partial charge in [0, 0.05) is 25.2 Å². The molecule has 1 N–H and O–H groups in total. The van der Waals surface area contributed by atoms with Gasteiger partial charge in [0.25, 0.3) is 0 Å². The van der Waals surface area contributed by atoms with Crippen LogP contribution in [0, 0.1) is 0 Å². The van der Waals surface area contributed by atoms with Crippen molar-refractivity contribution >= 4 is 11.6 Å². The second kappa shape index (κ2) is 3.47. The maximum Gasteiger partial charge on any atom is 0.231 e. The maximum absolute atomic E-state index is 6.02. The second-order valence-corrected chi connectivity index (χ2v) is 3.94. The van der Waals surface area contributed by atoms with Crippen molar-refractivity contribution in [1.82, 2.24) is 5.32 Å². The zero-order chi connectivity index (χ0) is 10.3. The van der Waals surface area contributed by atoms with E-state index in [-0.39, 0.29) is 12.9 Å². The Morgan fingerprint density at radius 1 is 1.33 bits per heavy atom. The van der Waals surface area contributed by atoms with Crippen molar-refractivity contribution in [2.75, 3.05) is 19.9 Å². The van der Waals surface area contributed by atoms with E-state index in [2.05, 4.69) is 5.32 Å². The van der Waals surface area contributed by atoms with Crippen molar-refractivity contribution in [1.29, 1.82) is 0 Å². The molecule has 5 heteroatoms. The molecule has 2 heterocycles. The molecule has 1 aromatic rings. The Morgan fingerprint density at radius 2 is 2.20 bits per heavy atom. The zero-order valence-electron chi connectivity index (χ0n) is 7.96. The van der Waals surface area contributed by atoms with Crippen LogP contribution in [0.3, 0.4) is 0 Å². The molecule has 0 atom stereocenters. The summed E-state index contributed by atoms with van der Waals surface area (Å²) in [6, 6.07) is 3.57. The van der Waals surface area contributed by atoms with E-state index < -0.39 is 0 Å². The largest absolute Gasteiger partial charge is 0.488 e. The topological polar surface area (TPSA) is 39.7 Å². The molecule has 0 spiro atoms. The molecular formula is C10H10ClNO3. The molecule has 0 aliphatic carbocycles. The molecule has 1 fully saturated rings. The summed E-state index contributed by atoms with van der Waals surface area (Å²) in [6.07, 6.45) is 0.237. The van der Waals surface area contributed by atoms with Crippen molar-refractivity contribution in [2.24, 2.45) is 0 Å². The van der Waals surface area contributed by atoms with Crippen molar-refractivity contribution in [3.63, 3.8) is 0 Å². The summed E-state index contributed by atoms with van der Waals surface area (Å²) >= 11 is 6.02. The Kier molecular flexibility index (Phi) is 2.11. The molecule has 0 bridgehead atoms. The fourth-order valence-electron chi connectivity index (χ4n) is 1.55. The van der Waals surface area contributed by atoms with Gasteiger partial charge < -0.3 is 19.5 Å². The number of nitrogens with one attached hydrogen (secondary N) is 1. The third-order valence-corrected chi connectivity index (χ3v) is 2.73. The predicted molar refractivity (Wildman–Crippen MR) is 54.9 cm³/mol. The molecule has 1 saturated heterocycles. The van der Waals surface area contributed by atoms with E-state index >= 15 is 0 Å². The third kappa shape index (κ3) is 1.60. The van der Waals surface area contributed by atoms with Gasteiger partial charge in [-0.25, -0.2) is 0 Å². The summed E-state index contributed by atoms with van der Waals surface area (Å²) in [6.45, 7) is 1.99. The van der Waals surface area contributed by atoms with E-state index in [4.69, 9.17) is 25.8 Å². The molecule has 4 nitrogen and oxygen atoms in total. The van der Waals surface area contributed by atoms with Gasteiger partial charge in [-0.05, 0) is 0 Å². The Labute approximate surface area is 92.1 Å². The van der Waals surface area contributed by atoms with E-state index in [0.29, 0.717) is 16.5 Å². The summed E-state index contributed by atoms with van der Waals surface area (Å²) in [5, 5.41) is 3.67. The lowest BCUT2D eigenvalue weighted by Crippen LogP contribution is -2.50. The average molecular weight is 228 g/mol. The van der Waals surface area contributed by atoms with Gasteiger partial charge in [0.15, 0.2) is 11.5 Å². The highest BCUT2D eigenvalue weighted by Crippen LogP contribution is 2.42. The molecule has 3 rings (SSSR count). The number of rotatable bonds is 2. The smallest absolute Gasteiger partial charge is 0.231 e. The van der Waals surface area contributed by atoms with Gasteiger partial charge in [0.05, 0.1) is 5.02 Å². The Hall–Kier alpha value is -1.13. The molecule has 80 valence electrons. The van der Waals surface area contributed by atoms with Crippen LogP contribution in [0.4, 0.5) is 0 Å². The number of benzene rings is 1. The van der Waals surface area contributed by atoms with Crippen molar-refractivity contribution in [3.05, 3.63) is 17.2 Å². The molecule has 2 aliphatic rings. The fourth-order valence-corrected chi connectivity index (χ4v) is 1.80. The van der Waals surface area contributed by atoms with Crippen LogP contribution in [0.5, 0.6) is 17.2 Å². The standard InChI is InChI=1S/C10H10ClNO3/c11-8-1-6(15-7-3-12-4-7)2-9-10(8)14-5-13-9/h1-2,7,12H,3-5H2. The molecule has 15 heavy (non-hydrogen) atoms. The first kappa shape index (κ1) is 9.12. The summed E-state index contributed by atoms with van der Waals surface area (Å²) in [7, 11) is 0. The van der Waals surface area contributed by atoms with E-state index in [1.165, 1.54) is 0 Å². The first-order valence-electron chi connectivity index (χ1n) is 4.79. The lowest BCUT2D eigenvalue weighted by Gasteiger charge is -2.27. The number of hydrogen-bond acceptors (Lipinski definition) is 4. The lowest BCUT2D eigenvalue weighted by molar-refractivity contribution is 0.141. The Morgan fingerprint density at radius 3 is 2.93 bits per heavy atom. The molecule has 0 radical (unpaired) electrons. The van der Waals surface area contributed by atoms with Gasteiger partial charge in [-0.1, -0.05) is 11.6 Å². The van der Waals surface area contributed by atoms with Crippen LogP contribution in [0.2, 0.25) is 5.02 Å². The summed E-state index contributed by atoms with van der Waals surface area (Å²) in [5.41, 5.74) is 0. The minimum atomic E-state index is 0.226. The minimum absolute atomic E-state index is 0.226. The number of halogens is 1. The van der Waals surface area contributed by atoms with Gasteiger partial charge in [0.1, 0.15) is 11.9 Å². The normalized spacial score (nSPS) is 18.7. The highest BCUT2D eigenvalue weighted by atomic mass is 35.5. The number of ether oxygens (including phenoxy) is 3. The summed E-state index contributed by atoms with van der Waals surface area (Å²) in [4.78, 5) is 0. The van der Waals surface area contributed by atoms with Gasteiger partial charge in [-0.2, -0.15) is 0 Å². The number of hydrogen-bond donors (Lipinski definition) is 1. The Balaban J connectivity index is 1.86. The number of fused-ring (bicyclic) bond motifs is 1. The van der Waals surface area contributed by atoms with Gasteiger partial charge in [-0.15, -0.1) is 0 Å². The van der Waals surface area contributed by atoms with Crippen LogP contribution in [0.25, 0.3) is 0 Å². The van der Waals surface area contributed by atoms with Crippen molar-refractivity contribution < 1.29 is 14.2 Å². The molecule has 0 aromatic heterocycles. The van der Waals surface area contributed by atoms with E-state index in [1.54, 1.807) is 6.07 Å². The van der Waals surface area contributed by atoms with Crippen LogP contribution in [-0.2, 0) is 0 Å². The highest BCUT2D eigenvalue weighted by Gasteiger charge is 2.22. The maximum atomic E-state index is 6.02. The van der Waals surface area contributed by atoms with Crippen LogP contribution in [0.15, 0.2) is 12.1 Å². The van der Waals surface area contributed by atoms with Gasteiger partial charge in [0.2, 0.25) is 6.79 Å².